The van der Waals surface area contributed by atoms with Crippen molar-refractivity contribution in [2.45, 2.75) is 89.7 Å². The van der Waals surface area contributed by atoms with E-state index in [-0.39, 0.29) is 24.5 Å². The highest BCUT2D eigenvalue weighted by Crippen LogP contribution is 2.26. The molecular formula is C25H42N4O8S. The Kier molecular flexibility index (Phi) is 12.9. The van der Waals surface area contributed by atoms with Crippen LogP contribution >= 0.6 is 0 Å². The standard InChI is InChI=1S/C25H42N4O8S/c1-24(2,3)36-22(30)26-16-11-7-8-12-18-28(19-13-17-27-23(31)37-25(4,5)6)38(34,35)21-15-10-9-14-20(21)29(32)33/h9-10,14-15H,7-8,11-13,16-19H2,1-6H3,(H,26,30)(H,27,31). The van der Waals surface area contributed by atoms with E-state index in [0.29, 0.717) is 32.2 Å². The summed E-state index contributed by atoms with van der Waals surface area (Å²) in [4.78, 5) is 33.9. The summed E-state index contributed by atoms with van der Waals surface area (Å²) >= 11 is 0. The van der Waals surface area contributed by atoms with Crippen LogP contribution in [0.3, 0.4) is 0 Å². The van der Waals surface area contributed by atoms with Crippen molar-refractivity contribution in [1.29, 1.82) is 0 Å². The molecule has 0 spiro atoms. The van der Waals surface area contributed by atoms with E-state index < -0.39 is 44.0 Å². The third-order valence-corrected chi connectivity index (χ3v) is 6.88. The second kappa shape index (κ2) is 14.9. The van der Waals surface area contributed by atoms with Gasteiger partial charge in [0.1, 0.15) is 11.2 Å². The zero-order chi connectivity index (χ0) is 29.0. The first-order valence-electron chi connectivity index (χ1n) is 12.7. The highest BCUT2D eigenvalue weighted by molar-refractivity contribution is 7.89. The molecule has 0 aliphatic rings. The van der Waals surface area contributed by atoms with Gasteiger partial charge in [0.15, 0.2) is 4.90 Å². The first-order chi connectivity index (χ1) is 17.5. The maximum atomic E-state index is 13.4. The molecule has 0 saturated heterocycles. The van der Waals surface area contributed by atoms with Crippen LogP contribution in [0.25, 0.3) is 0 Å². The molecule has 1 aromatic rings. The lowest BCUT2D eigenvalue weighted by atomic mass is 10.2. The first kappa shape index (κ1) is 33.1. The monoisotopic (exact) mass is 558 g/mol. The molecule has 0 unspecified atom stereocenters. The van der Waals surface area contributed by atoms with Gasteiger partial charge in [0.2, 0.25) is 10.0 Å². The van der Waals surface area contributed by atoms with Crippen molar-refractivity contribution < 1.29 is 32.4 Å². The van der Waals surface area contributed by atoms with Crippen LogP contribution in [0.1, 0.15) is 73.6 Å². The molecule has 2 N–H and O–H groups in total. The van der Waals surface area contributed by atoms with Gasteiger partial charge in [0.05, 0.1) is 4.92 Å². The van der Waals surface area contributed by atoms with Gasteiger partial charge in [0.25, 0.3) is 5.69 Å². The van der Waals surface area contributed by atoms with E-state index in [1.807, 2.05) is 0 Å². The number of nitrogens with zero attached hydrogens (tertiary/aromatic N) is 2. The Morgan fingerprint density at radius 3 is 1.84 bits per heavy atom. The molecule has 216 valence electrons. The summed E-state index contributed by atoms with van der Waals surface area (Å²) in [7, 11) is -4.16. The Bertz CT molecular complexity index is 1030. The van der Waals surface area contributed by atoms with Gasteiger partial charge >= 0.3 is 12.2 Å². The molecule has 2 amide bonds. The van der Waals surface area contributed by atoms with Crippen molar-refractivity contribution in [3.63, 3.8) is 0 Å². The zero-order valence-corrected chi connectivity index (χ0v) is 24.1. The SMILES string of the molecule is CC(C)(C)OC(=O)NCCCCCCN(CCCNC(=O)OC(C)(C)C)S(=O)(=O)c1ccccc1[N+](=O)[O-]. The number of benzene rings is 1. The first-order valence-corrected chi connectivity index (χ1v) is 14.1. The van der Waals surface area contributed by atoms with Gasteiger partial charge < -0.3 is 20.1 Å². The van der Waals surface area contributed by atoms with Gasteiger partial charge in [-0.15, -0.1) is 0 Å². The number of rotatable bonds is 14. The van der Waals surface area contributed by atoms with E-state index in [4.69, 9.17) is 9.47 Å². The van der Waals surface area contributed by atoms with Crippen LogP contribution in [0.2, 0.25) is 0 Å². The number of para-hydroxylation sites is 1. The number of nitrogens with one attached hydrogen (secondary N) is 2. The van der Waals surface area contributed by atoms with Gasteiger partial charge in [-0.2, -0.15) is 4.31 Å². The lowest BCUT2D eigenvalue weighted by Crippen LogP contribution is -2.37. The predicted octanol–water partition coefficient (Wildman–Crippen LogP) is 4.59. The Morgan fingerprint density at radius 1 is 0.842 bits per heavy atom. The molecule has 0 radical (unpaired) electrons. The Hall–Kier alpha value is -2.93. The zero-order valence-electron chi connectivity index (χ0n) is 23.2. The molecule has 0 aliphatic carbocycles. The van der Waals surface area contributed by atoms with Crippen LogP contribution < -0.4 is 10.6 Å². The molecule has 0 fully saturated rings. The highest BCUT2D eigenvalue weighted by Gasteiger charge is 2.31. The fourth-order valence-electron chi connectivity index (χ4n) is 3.35. The third-order valence-electron chi connectivity index (χ3n) is 4.93. The Labute approximate surface area is 225 Å². The quantitative estimate of drug-likeness (QED) is 0.191. The fraction of sp³-hybridized carbons (Fsp3) is 0.680. The van der Waals surface area contributed by atoms with Crippen LogP contribution in [0, 0.1) is 10.1 Å². The van der Waals surface area contributed by atoms with Gasteiger partial charge in [0, 0.05) is 32.2 Å². The molecule has 0 aromatic heterocycles. The molecule has 13 heteroatoms. The van der Waals surface area contributed by atoms with Crippen LogP contribution in [0.4, 0.5) is 15.3 Å². The van der Waals surface area contributed by atoms with Crippen molar-refractivity contribution in [1.82, 2.24) is 14.9 Å². The smallest absolute Gasteiger partial charge is 0.407 e. The molecule has 1 aromatic carbocycles. The van der Waals surface area contributed by atoms with Crippen LogP contribution in [0.15, 0.2) is 29.2 Å². The van der Waals surface area contributed by atoms with E-state index in [0.717, 1.165) is 12.5 Å². The van der Waals surface area contributed by atoms with Crippen molar-refractivity contribution in [3.05, 3.63) is 34.4 Å². The summed E-state index contributed by atoms with van der Waals surface area (Å²) in [5, 5.41) is 16.7. The Balaban J connectivity index is 2.72. The number of ether oxygens (including phenoxy) is 2. The average molecular weight is 559 g/mol. The molecule has 0 heterocycles. The van der Waals surface area contributed by atoms with Crippen LogP contribution in [0.5, 0.6) is 0 Å². The summed E-state index contributed by atoms with van der Waals surface area (Å²) in [5.74, 6) is 0. The Morgan fingerprint density at radius 2 is 1.32 bits per heavy atom. The minimum absolute atomic E-state index is 0.0599. The van der Waals surface area contributed by atoms with E-state index in [1.165, 1.54) is 22.5 Å². The van der Waals surface area contributed by atoms with Crippen molar-refractivity contribution >= 4 is 27.9 Å². The fourth-order valence-corrected chi connectivity index (χ4v) is 5.02. The van der Waals surface area contributed by atoms with E-state index in [1.54, 1.807) is 41.5 Å². The summed E-state index contributed by atoms with van der Waals surface area (Å²) in [6.45, 7) is 11.4. The number of nitro benzene ring substituents is 1. The number of alkyl carbamates (subject to hydrolysis) is 2. The molecular weight excluding hydrogens is 516 g/mol. The lowest BCUT2D eigenvalue weighted by molar-refractivity contribution is -0.387. The predicted molar refractivity (Wildman–Crippen MR) is 143 cm³/mol. The van der Waals surface area contributed by atoms with Gasteiger partial charge in [-0.1, -0.05) is 25.0 Å². The molecule has 0 aliphatic heterocycles. The van der Waals surface area contributed by atoms with Crippen molar-refractivity contribution in [2.24, 2.45) is 0 Å². The molecule has 0 atom stereocenters. The van der Waals surface area contributed by atoms with Crippen molar-refractivity contribution in [2.75, 3.05) is 26.2 Å². The van der Waals surface area contributed by atoms with E-state index in [9.17, 15) is 28.1 Å². The van der Waals surface area contributed by atoms with Gasteiger partial charge in [-0.05, 0) is 66.9 Å². The number of amides is 2. The molecule has 38 heavy (non-hydrogen) atoms. The average Bonchev–Trinajstić information content (AvgIpc) is 2.77. The number of hydrogen-bond acceptors (Lipinski definition) is 8. The van der Waals surface area contributed by atoms with Crippen LogP contribution in [-0.2, 0) is 19.5 Å². The number of nitro groups is 1. The maximum absolute atomic E-state index is 13.4. The van der Waals surface area contributed by atoms with Crippen molar-refractivity contribution in [3.8, 4) is 0 Å². The number of hydrogen-bond donors (Lipinski definition) is 2. The number of carbonyl (C=O) groups excluding carboxylic acids is 2. The molecule has 1 rings (SSSR count). The van der Waals surface area contributed by atoms with Crippen LogP contribution in [-0.4, -0.2) is 67.2 Å². The second-order valence-corrected chi connectivity index (χ2v) is 12.7. The third kappa shape index (κ3) is 13.0. The second-order valence-electron chi connectivity index (χ2n) is 10.8. The van der Waals surface area contributed by atoms with Gasteiger partial charge in [-0.25, -0.2) is 18.0 Å². The minimum atomic E-state index is -4.16. The van der Waals surface area contributed by atoms with E-state index >= 15 is 0 Å². The number of unbranched alkanes of at least 4 members (excludes halogenated alkanes) is 3. The molecule has 12 nitrogen and oxygen atoms in total. The number of carbonyl (C=O) groups is 2. The number of sulfonamides is 1. The molecule has 0 bridgehead atoms. The summed E-state index contributed by atoms with van der Waals surface area (Å²) in [5.41, 5.74) is -1.72. The normalized spacial score (nSPS) is 12.2. The highest BCUT2D eigenvalue weighted by atomic mass is 32.2. The summed E-state index contributed by atoms with van der Waals surface area (Å²) < 4.78 is 38.3. The minimum Gasteiger partial charge on any atom is -0.444 e. The summed E-state index contributed by atoms with van der Waals surface area (Å²) in [6.07, 6.45) is 1.84. The van der Waals surface area contributed by atoms with E-state index in [2.05, 4.69) is 10.6 Å². The lowest BCUT2D eigenvalue weighted by Gasteiger charge is -2.23. The molecule has 0 saturated carbocycles. The summed E-state index contributed by atoms with van der Waals surface area (Å²) in [6, 6.07) is 5.24. The largest absolute Gasteiger partial charge is 0.444 e. The maximum Gasteiger partial charge on any atom is 0.407 e. The topological polar surface area (TPSA) is 157 Å². The van der Waals surface area contributed by atoms with Gasteiger partial charge in [-0.3, -0.25) is 10.1 Å².